The van der Waals surface area contributed by atoms with E-state index in [0.29, 0.717) is 24.5 Å². The Morgan fingerprint density at radius 2 is 2.05 bits per heavy atom. The molecule has 0 spiro atoms. The predicted octanol–water partition coefficient (Wildman–Crippen LogP) is 0.379. The normalized spacial score (nSPS) is 11.5. The molecular weight excluding hydrogens is 292 g/mol. The van der Waals surface area contributed by atoms with Crippen LogP contribution in [-0.4, -0.2) is 45.4 Å². The van der Waals surface area contributed by atoms with Gasteiger partial charge in [-0.2, -0.15) is 5.10 Å². The Hall–Kier alpha value is -1.90. The van der Waals surface area contributed by atoms with Crippen LogP contribution in [0.1, 0.15) is 0 Å². The highest BCUT2D eigenvalue weighted by Gasteiger charge is 2.17. The molecule has 2 N–H and O–H groups in total. The lowest BCUT2D eigenvalue weighted by Crippen LogP contribution is -2.30. The van der Waals surface area contributed by atoms with Gasteiger partial charge in [-0.25, -0.2) is 17.8 Å². The molecule has 1 aromatic heterocycles. The number of rotatable bonds is 7. The Kier molecular flexibility index (Phi) is 4.94. The minimum atomic E-state index is -3.55. The second-order valence-electron chi connectivity index (χ2n) is 4.29. The first kappa shape index (κ1) is 15.5. The second-order valence-corrected chi connectivity index (χ2v) is 6.06. The lowest BCUT2D eigenvalue weighted by Gasteiger charge is -2.07. The summed E-state index contributed by atoms with van der Waals surface area (Å²) in [4.78, 5) is 0.115. The van der Waals surface area contributed by atoms with Gasteiger partial charge in [0.25, 0.3) is 0 Å². The maximum atomic E-state index is 12.1. The molecule has 0 fully saturated rings. The van der Waals surface area contributed by atoms with E-state index in [1.807, 2.05) is 12.1 Å². The third-order valence-corrected chi connectivity index (χ3v) is 4.28. The highest BCUT2D eigenvalue weighted by Crippen LogP contribution is 2.22. The van der Waals surface area contributed by atoms with Crippen molar-refractivity contribution in [2.45, 2.75) is 4.90 Å². The number of nitrogens with zero attached hydrogens (tertiary/aromatic N) is 2. The quantitative estimate of drug-likeness (QED) is 0.722. The Morgan fingerprint density at radius 3 is 2.76 bits per heavy atom. The molecule has 0 aliphatic rings. The minimum absolute atomic E-state index is 0.115. The first-order chi connectivity index (χ1) is 10.1. The van der Waals surface area contributed by atoms with Crippen LogP contribution in [0, 0.1) is 0 Å². The van der Waals surface area contributed by atoms with Gasteiger partial charge in [-0.15, -0.1) is 0 Å². The number of ether oxygens (including phenoxy) is 1. The molecular formula is C13H18N4O3S. The zero-order valence-electron chi connectivity index (χ0n) is 11.9. The Labute approximate surface area is 124 Å². The molecule has 0 saturated heterocycles. The molecule has 1 aromatic carbocycles. The SMILES string of the molecule is CNCCNS(=O)(=O)c1cnn(-c2ccccc2OC)c1. The van der Waals surface area contributed by atoms with E-state index in [1.54, 1.807) is 26.3 Å². The fourth-order valence-electron chi connectivity index (χ4n) is 1.79. The molecule has 2 rings (SSSR count). The molecule has 0 saturated carbocycles. The van der Waals surface area contributed by atoms with Crippen molar-refractivity contribution >= 4 is 10.0 Å². The summed E-state index contributed by atoms with van der Waals surface area (Å²) in [7, 11) is -0.241. The number of sulfonamides is 1. The lowest BCUT2D eigenvalue weighted by atomic mass is 10.3. The topological polar surface area (TPSA) is 85.3 Å². The Morgan fingerprint density at radius 1 is 1.29 bits per heavy atom. The van der Waals surface area contributed by atoms with Gasteiger partial charge in [0.05, 0.1) is 19.5 Å². The number of benzene rings is 1. The van der Waals surface area contributed by atoms with Gasteiger partial charge in [-0.1, -0.05) is 12.1 Å². The summed E-state index contributed by atoms with van der Waals surface area (Å²) >= 11 is 0. The minimum Gasteiger partial charge on any atom is -0.494 e. The Bertz CT molecular complexity index is 697. The van der Waals surface area contributed by atoms with E-state index in [4.69, 9.17) is 4.74 Å². The van der Waals surface area contributed by atoms with Gasteiger partial charge in [0.15, 0.2) is 0 Å². The van der Waals surface area contributed by atoms with Gasteiger partial charge >= 0.3 is 0 Å². The molecule has 0 bridgehead atoms. The summed E-state index contributed by atoms with van der Waals surface area (Å²) in [6.45, 7) is 0.874. The first-order valence-corrected chi connectivity index (χ1v) is 7.89. The maximum absolute atomic E-state index is 12.1. The van der Waals surface area contributed by atoms with Crippen LogP contribution >= 0.6 is 0 Å². The fourth-order valence-corrected chi connectivity index (χ4v) is 2.75. The number of likely N-dealkylation sites (N-methyl/N-ethyl adjacent to an activating group) is 1. The van der Waals surface area contributed by atoms with E-state index in [2.05, 4.69) is 15.1 Å². The van der Waals surface area contributed by atoms with E-state index < -0.39 is 10.0 Å². The van der Waals surface area contributed by atoms with Crippen molar-refractivity contribution in [3.8, 4) is 11.4 Å². The average molecular weight is 310 g/mol. The van der Waals surface area contributed by atoms with Crippen LogP contribution in [0.2, 0.25) is 0 Å². The van der Waals surface area contributed by atoms with Gasteiger partial charge in [-0.05, 0) is 19.2 Å². The van der Waals surface area contributed by atoms with Crippen molar-refractivity contribution < 1.29 is 13.2 Å². The molecule has 114 valence electrons. The summed E-state index contributed by atoms with van der Waals surface area (Å²) in [5, 5.41) is 6.97. The van der Waals surface area contributed by atoms with Gasteiger partial charge in [0, 0.05) is 13.1 Å². The molecule has 1 heterocycles. The number of methoxy groups -OCH3 is 1. The van der Waals surface area contributed by atoms with Gasteiger partial charge in [0.2, 0.25) is 10.0 Å². The number of para-hydroxylation sites is 2. The van der Waals surface area contributed by atoms with Crippen LogP contribution in [0.15, 0.2) is 41.6 Å². The average Bonchev–Trinajstić information content (AvgIpc) is 2.98. The molecule has 8 heteroatoms. The third kappa shape index (κ3) is 3.60. The fraction of sp³-hybridized carbons (Fsp3) is 0.308. The Balaban J connectivity index is 2.25. The summed E-state index contributed by atoms with van der Waals surface area (Å²) in [5.74, 6) is 0.618. The summed E-state index contributed by atoms with van der Waals surface area (Å²) < 4.78 is 33.4. The van der Waals surface area contributed by atoms with Crippen molar-refractivity contribution in [1.82, 2.24) is 19.8 Å². The van der Waals surface area contributed by atoms with Gasteiger partial charge in [-0.3, -0.25) is 0 Å². The third-order valence-electron chi connectivity index (χ3n) is 2.87. The smallest absolute Gasteiger partial charge is 0.243 e. The molecule has 0 unspecified atom stereocenters. The summed E-state index contributed by atoms with van der Waals surface area (Å²) in [6, 6.07) is 7.26. The molecule has 7 nitrogen and oxygen atoms in total. The lowest BCUT2D eigenvalue weighted by molar-refractivity contribution is 0.411. The van der Waals surface area contributed by atoms with E-state index in [0.717, 1.165) is 0 Å². The largest absolute Gasteiger partial charge is 0.494 e. The van der Waals surface area contributed by atoms with Crippen LogP contribution in [0.3, 0.4) is 0 Å². The van der Waals surface area contributed by atoms with E-state index in [9.17, 15) is 8.42 Å². The highest BCUT2D eigenvalue weighted by molar-refractivity contribution is 7.89. The number of hydrogen-bond acceptors (Lipinski definition) is 5. The van der Waals surface area contributed by atoms with Crippen molar-refractivity contribution in [3.05, 3.63) is 36.7 Å². The van der Waals surface area contributed by atoms with Crippen molar-refractivity contribution in [3.63, 3.8) is 0 Å². The zero-order chi connectivity index (χ0) is 15.3. The van der Waals surface area contributed by atoms with Gasteiger partial charge < -0.3 is 10.1 Å². The molecule has 21 heavy (non-hydrogen) atoms. The molecule has 0 aliphatic heterocycles. The molecule has 0 atom stereocenters. The highest BCUT2D eigenvalue weighted by atomic mass is 32.2. The standard InChI is InChI=1S/C13H18N4O3S/c1-14-7-8-16-21(18,19)11-9-15-17(10-11)12-5-3-4-6-13(12)20-2/h3-6,9-10,14,16H,7-8H2,1-2H3. The van der Waals surface area contributed by atoms with E-state index in [1.165, 1.54) is 17.1 Å². The van der Waals surface area contributed by atoms with Crippen molar-refractivity contribution in [1.29, 1.82) is 0 Å². The number of aromatic nitrogens is 2. The van der Waals surface area contributed by atoms with Crippen LogP contribution < -0.4 is 14.8 Å². The van der Waals surface area contributed by atoms with Crippen molar-refractivity contribution in [2.75, 3.05) is 27.2 Å². The van der Waals surface area contributed by atoms with E-state index in [-0.39, 0.29) is 4.90 Å². The first-order valence-electron chi connectivity index (χ1n) is 6.41. The van der Waals surface area contributed by atoms with Crippen molar-refractivity contribution in [2.24, 2.45) is 0 Å². The number of hydrogen-bond donors (Lipinski definition) is 2. The van der Waals surface area contributed by atoms with Crippen LogP contribution in [0.5, 0.6) is 5.75 Å². The van der Waals surface area contributed by atoms with Crippen LogP contribution in [0.25, 0.3) is 5.69 Å². The summed E-state index contributed by atoms with van der Waals surface area (Å²) in [6.07, 6.45) is 2.77. The van der Waals surface area contributed by atoms with Gasteiger partial charge in [0.1, 0.15) is 16.3 Å². The molecule has 0 aliphatic carbocycles. The predicted molar refractivity (Wildman–Crippen MR) is 79.2 cm³/mol. The molecule has 0 radical (unpaired) electrons. The van der Waals surface area contributed by atoms with E-state index >= 15 is 0 Å². The molecule has 2 aromatic rings. The monoisotopic (exact) mass is 310 g/mol. The number of nitrogens with one attached hydrogen (secondary N) is 2. The van der Waals surface area contributed by atoms with Crippen LogP contribution in [0.4, 0.5) is 0 Å². The zero-order valence-corrected chi connectivity index (χ0v) is 12.7. The summed E-state index contributed by atoms with van der Waals surface area (Å²) in [5.41, 5.74) is 0.677. The van der Waals surface area contributed by atoms with Crippen LogP contribution in [-0.2, 0) is 10.0 Å². The maximum Gasteiger partial charge on any atom is 0.243 e. The molecule has 0 amide bonds. The second kappa shape index (κ2) is 6.70.